The van der Waals surface area contributed by atoms with Crippen molar-refractivity contribution in [3.05, 3.63) is 76.2 Å². The number of likely N-dealkylation sites (N-methyl/N-ethyl adjacent to an activating group) is 1. The molecule has 37 heavy (non-hydrogen) atoms. The number of benzene rings is 1. The van der Waals surface area contributed by atoms with Crippen LogP contribution in [0.4, 0.5) is 4.79 Å². The minimum Gasteiger partial charge on any atom is -0.472 e. The molecule has 0 spiro atoms. The van der Waals surface area contributed by atoms with E-state index in [2.05, 4.69) is 9.88 Å². The second kappa shape index (κ2) is 9.96. The number of likely N-dealkylation sites (tertiary alicyclic amines) is 2. The first-order valence-electron chi connectivity index (χ1n) is 12.5. The molecule has 2 aliphatic heterocycles. The third-order valence-electron chi connectivity index (χ3n) is 7.50. The first-order valence-corrected chi connectivity index (χ1v) is 13.7. The molecule has 6 rings (SSSR count). The van der Waals surface area contributed by atoms with E-state index >= 15 is 0 Å². The van der Waals surface area contributed by atoms with E-state index in [0.717, 1.165) is 48.5 Å². The molecular weight excluding hydrogens is 510 g/mol. The van der Waals surface area contributed by atoms with Crippen molar-refractivity contribution in [1.29, 1.82) is 0 Å². The lowest BCUT2D eigenvalue weighted by molar-refractivity contribution is 0.153. The van der Waals surface area contributed by atoms with E-state index < -0.39 is 0 Å². The molecule has 3 aromatic heterocycles. The number of urea groups is 1. The van der Waals surface area contributed by atoms with Crippen LogP contribution in [-0.2, 0) is 6.54 Å². The molecular formula is C27H28ClN5O3S. The SMILES string of the molecule is CN(C(=O)N1CC[C@H](n2cnc3cc(-c4ccc(Cl)cc4)sc3c2=O)C1)[C@H]1CCN(Cc2ccoc2)C1. The van der Waals surface area contributed by atoms with E-state index in [9.17, 15) is 9.59 Å². The third-order valence-corrected chi connectivity index (χ3v) is 8.92. The van der Waals surface area contributed by atoms with Crippen molar-refractivity contribution < 1.29 is 9.21 Å². The van der Waals surface area contributed by atoms with Crippen LogP contribution < -0.4 is 5.56 Å². The molecule has 2 amide bonds. The number of amides is 2. The molecule has 2 fully saturated rings. The van der Waals surface area contributed by atoms with Gasteiger partial charge >= 0.3 is 6.03 Å². The zero-order valence-corrected chi connectivity index (χ0v) is 22.1. The Morgan fingerprint density at radius 2 is 2.03 bits per heavy atom. The van der Waals surface area contributed by atoms with Crippen molar-refractivity contribution in [1.82, 2.24) is 24.3 Å². The second-order valence-electron chi connectivity index (χ2n) is 9.88. The monoisotopic (exact) mass is 537 g/mol. The first kappa shape index (κ1) is 24.2. The van der Waals surface area contributed by atoms with Gasteiger partial charge in [-0.3, -0.25) is 14.3 Å². The standard InChI is InChI=1S/C27H28ClN5O3S/c1-30(21-6-9-31(14-21)13-18-8-11-36-16-18)27(35)32-10-7-22(15-32)33-17-29-23-12-24(37-25(23)26(33)34)19-2-4-20(28)5-3-19/h2-5,8,11-12,16-17,21-22H,6-7,9-10,13-15H2,1H3/t21-,22-/m0/s1. The van der Waals surface area contributed by atoms with Crippen molar-refractivity contribution >= 4 is 39.2 Å². The quantitative estimate of drug-likeness (QED) is 0.360. The zero-order valence-electron chi connectivity index (χ0n) is 20.5. The molecule has 5 heterocycles. The lowest BCUT2D eigenvalue weighted by Crippen LogP contribution is -2.46. The fourth-order valence-electron chi connectivity index (χ4n) is 5.38. The predicted octanol–water partition coefficient (Wildman–Crippen LogP) is 4.94. The maximum atomic E-state index is 13.4. The lowest BCUT2D eigenvalue weighted by Gasteiger charge is -2.29. The van der Waals surface area contributed by atoms with Gasteiger partial charge in [0.05, 0.1) is 30.4 Å². The van der Waals surface area contributed by atoms with Crippen molar-refractivity contribution in [3.63, 3.8) is 0 Å². The van der Waals surface area contributed by atoms with Crippen LogP contribution in [0.5, 0.6) is 0 Å². The number of aromatic nitrogens is 2. The third kappa shape index (κ3) is 4.79. The van der Waals surface area contributed by atoms with Crippen molar-refractivity contribution in [3.8, 4) is 10.4 Å². The van der Waals surface area contributed by atoms with Gasteiger partial charge in [0.25, 0.3) is 5.56 Å². The molecule has 0 N–H and O–H groups in total. The van der Waals surface area contributed by atoms with Gasteiger partial charge in [-0.25, -0.2) is 9.78 Å². The van der Waals surface area contributed by atoms with Gasteiger partial charge in [0.1, 0.15) is 4.70 Å². The van der Waals surface area contributed by atoms with Crippen LogP contribution in [0.2, 0.25) is 5.02 Å². The topological polar surface area (TPSA) is 74.8 Å². The zero-order chi connectivity index (χ0) is 25.5. The Hall–Kier alpha value is -3.14. The van der Waals surface area contributed by atoms with Gasteiger partial charge in [0.15, 0.2) is 0 Å². The number of halogens is 1. The van der Waals surface area contributed by atoms with E-state index in [1.54, 1.807) is 23.4 Å². The van der Waals surface area contributed by atoms with Crippen LogP contribution in [-0.4, -0.2) is 69.6 Å². The number of furan rings is 1. The van der Waals surface area contributed by atoms with Crippen LogP contribution in [0.3, 0.4) is 0 Å². The van der Waals surface area contributed by atoms with E-state index in [1.807, 2.05) is 53.2 Å². The number of hydrogen-bond acceptors (Lipinski definition) is 6. The Kier molecular flexibility index (Phi) is 6.52. The summed E-state index contributed by atoms with van der Waals surface area (Å²) in [6.07, 6.45) is 6.79. The van der Waals surface area contributed by atoms with Crippen LogP contribution in [0.25, 0.3) is 20.7 Å². The minimum absolute atomic E-state index is 0.0286. The van der Waals surface area contributed by atoms with Crippen molar-refractivity contribution in [2.75, 3.05) is 33.2 Å². The second-order valence-corrected chi connectivity index (χ2v) is 11.4. The van der Waals surface area contributed by atoms with Gasteiger partial charge in [-0.15, -0.1) is 11.3 Å². The maximum Gasteiger partial charge on any atom is 0.320 e. The largest absolute Gasteiger partial charge is 0.472 e. The molecule has 10 heteroatoms. The normalized spacial score (nSPS) is 20.2. The number of carbonyl (C=O) groups excluding carboxylic acids is 1. The Bertz CT molecular complexity index is 1470. The van der Waals surface area contributed by atoms with Crippen LogP contribution in [0.1, 0.15) is 24.4 Å². The highest BCUT2D eigenvalue weighted by atomic mass is 35.5. The molecule has 2 atom stereocenters. The van der Waals surface area contributed by atoms with Crippen molar-refractivity contribution in [2.45, 2.75) is 31.5 Å². The number of nitrogens with zero attached hydrogens (tertiary/aromatic N) is 5. The number of thiophene rings is 1. The molecule has 2 saturated heterocycles. The number of fused-ring (bicyclic) bond motifs is 1. The highest BCUT2D eigenvalue weighted by Gasteiger charge is 2.34. The molecule has 0 aliphatic carbocycles. The average molecular weight is 538 g/mol. The molecule has 4 aromatic rings. The average Bonchev–Trinajstić information content (AvgIpc) is 3.71. The van der Waals surface area contributed by atoms with Crippen LogP contribution >= 0.6 is 22.9 Å². The number of carbonyl (C=O) groups is 1. The highest BCUT2D eigenvalue weighted by Crippen LogP contribution is 2.32. The van der Waals surface area contributed by atoms with Gasteiger partial charge in [-0.2, -0.15) is 0 Å². The minimum atomic E-state index is -0.0796. The fraction of sp³-hybridized carbons (Fsp3) is 0.370. The van der Waals surface area contributed by atoms with E-state index in [0.29, 0.717) is 28.3 Å². The van der Waals surface area contributed by atoms with Gasteiger partial charge in [0, 0.05) is 61.3 Å². The lowest BCUT2D eigenvalue weighted by atomic mass is 10.2. The summed E-state index contributed by atoms with van der Waals surface area (Å²) in [5.41, 5.74) is 2.81. The van der Waals surface area contributed by atoms with Crippen LogP contribution in [0, 0.1) is 0 Å². The van der Waals surface area contributed by atoms with E-state index in [1.165, 1.54) is 11.3 Å². The van der Waals surface area contributed by atoms with Gasteiger partial charge in [0.2, 0.25) is 0 Å². The molecule has 2 aliphatic rings. The molecule has 1 aromatic carbocycles. The Morgan fingerprint density at radius 1 is 1.19 bits per heavy atom. The number of hydrogen-bond donors (Lipinski definition) is 0. The van der Waals surface area contributed by atoms with Gasteiger partial charge in [-0.05, 0) is 42.7 Å². The summed E-state index contributed by atoms with van der Waals surface area (Å²) < 4.78 is 7.52. The van der Waals surface area contributed by atoms with Crippen LogP contribution in [0.15, 0.2) is 64.5 Å². The molecule has 8 nitrogen and oxygen atoms in total. The van der Waals surface area contributed by atoms with Gasteiger partial charge < -0.3 is 14.2 Å². The van der Waals surface area contributed by atoms with Gasteiger partial charge in [-0.1, -0.05) is 23.7 Å². The van der Waals surface area contributed by atoms with Crippen molar-refractivity contribution in [2.24, 2.45) is 0 Å². The molecule has 0 saturated carbocycles. The summed E-state index contributed by atoms with van der Waals surface area (Å²) in [4.78, 5) is 38.4. The summed E-state index contributed by atoms with van der Waals surface area (Å²) in [7, 11) is 1.89. The van der Waals surface area contributed by atoms with E-state index in [-0.39, 0.29) is 23.7 Å². The predicted molar refractivity (Wildman–Crippen MR) is 145 cm³/mol. The molecule has 0 radical (unpaired) electrons. The first-order chi connectivity index (χ1) is 18.0. The highest BCUT2D eigenvalue weighted by molar-refractivity contribution is 7.22. The maximum absolute atomic E-state index is 13.4. The molecule has 0 unspecified atom stereocenters. The smallest absolute Gasteiger partial charge is 0.320 e. The Morgan fingerprint density at radius 3 is 2.81 bits per heavy atom. The summed E-state index contributed by atoms with van der Waals surface area (Å²) in [5, 5.41) is 0.677. The molecule has 0 bridgehead atoms. The summed E-state index contributed by atoms with van der Waals surface area (Å²) in [5.74, 6) is 0. The Balaban J connectivity index is 1.12. The summed E-state index contributed by atoms with van der Waals surface area (Å²) >= 11 is 7.47. The fourth-order valence-corrected chi connectivity index (χ4v) is 6.56. The number of rotatable bonds is 5. The summed E-state index contributed by atoms with van der Waals surface area (Å²) in [6.45, 7) is 3.78. The molecule has 192 valence electrons. The Labute approximate surface area is 223 Å². The summed E-state index contributed by atoms with van der Waals surface area (Å²) in [6, 6.07) is 11.6. The van der Waals surface area contributed by atoms with E-state index in [4.69, 9.17) is 16.0 Å².